The van der Waals surface area contributed by atoms with Crippen LogP contribution in [-0.2, 0) is 12.6 Å². The second-order valence-corrected chi connectivity index (χ2v) is 3.61. The van der Waals surface area contributed by atoms with Crippen molar-refractivity contribution < 1.29 is 17.6 Å². The maximum atomic E-state index is 12.2. The number of alkyl halides is 3. The number of halogens is 3. The van der Waals surface area contributed by atoms with E-state index in [0.717, 1.165) is 25.6 Å². The van der Waals surface area contributed by atoms with Gasteiger partial charge < -0.3 is 9.73 Å². The molecule has 1 atom stereocenters. The minimum Gasteiger partial charge on any atom is -0.436 e. The summed E-state index contributed by atoms with van der Waals surface area (Å²) in [6.07, 6.45) is -1.25. The summed E-state index contributed by atoms with van der Waals surface area (Å²) < 4.78 is 41.1. The smallest absolute Gasteiger partial charge is 0.436 e. The van der Waals surface area contributed by atoms with Gasteiger partial charge in [-0.3, -0.25) is 0 Å². The van der Waals surface area contributed by atoms with Crippen LogP contribution in [0.3, 0.4) is 0 Å². The minimum absolute atomic E-state index is 0.154. The Kier molecular flexibility index (Phi) is 2.68. The van der Waals surface area contributed by atoms with Crippen molar-refractivity contribution in [2.24, 2.45) is 0 Å². The van der Waals surface area contributed by atoms with Crippen LogP contribution in [0.2, 0.25) is 0 Å². The third-order valence-electron chi connectivity index (χ3n) is 2.42. The fourth-order valence-corrected chi connectivity index (χ4v) is 1.68. The first-order chi connectivity index (χ1) is 7.05. The van der Waals surface area contributed by atoms with E-state index in [9.17, 15) is 13.2 Å². The normalized spacial score (nSPS) is 22.2. The molecule has 0 radical (unpaired) electrons. The average molecular weight is 220 g/mol. The fourth-order valence-electron chi connectivity index (χ4n) is 1.68. The molecule has 1 fully saturated rings. The number of aromatic nitrogens is 1. The molecule has 1 aromatic rings. The molecule has 1 N–H and O–H groups in total. The van der Waals surface area contributed by atoms with Gasteiger partial charge in [0.2, 0.25) is 5.76 Å². The molecule has 2 heterocycles. The Hall–Kier alpha value is -1.04. The van der Waals surface area contributed by atoms with Crippen LogP contribution in [0.4, 0.5) is 13.2 Å². The maximum Gasteiger partial charge on any atom is 0.451 e. The molecule has 0 aromatic carbocycles. The number of rotatable bonds is 2. The molecule has 0 spiro atoms. The van der Waals surface area contributed by atoms with E-state index in [1.165, 1.54) is 0 Å². The number of nitrogens with zero attached hydrogens (tertiary/aromatic N) is 1. The molecule has 1 unspecified atom stereocenters. The van der Waals surface area contributed by atoms with Crippen molar-refractivity contribution >= 4 is 0 Å². The number of nitrogens with one attached hydrogen (secondary N) is 1. The first-order valence-corrected chi connectivity index (χ1v) is 4.81. The molecule has 0 amide bonds. The lowest BCUT2D eigenvalue weighted by Gasteiger charge is -2.06. The van der Waals surface area contributed by atoms with Gasteiger partial charge in [0.15, 0.2) is 5.89 Å². The Bertz CT molecular complexity index is 328. The van der Waals surface area contributed by atoms with Crippen LogP contribution in [0.1, 0.15) is 24.5 Å². The van der Waals surface area contributed by atoms with E-state index in [1.807, 2.05) is 0 Å². The molecule has 1 aliphatic heterocycles. The second-order valence-electron chi connectivity index (χ2n) is 3.61. The molecule has 1 aliphatic rings. The molecule has 2 rings (SSSR count). The van der Waals surface area contributed by atoms with Gasteiger partial charge in [0.05, 0.1) is 6.20 Å². The summed E-state index contributed by atoms with van der Waals surface area (Å²) in [5, 5.41) is 3.17. The molecular weight excluding hydrogens is 209 g/mol. The van der Waals surface area contributed by atoms with Gasteiger partial charge >= 0.3 is 6.18 Å². The maximum absolute atomic E-state index is 12.2. The summed E-state index contributed by atoms with van der Waals surface area (Å²) in [5.41, 5.74) is 0. The van der Waals surface area contributed by atoms with Crippen LogP contribution in [0.15, 0.2) is 10.6 Å². The van der Waals surface area contributed by atoms with Crippen LogP contribution in [0.25, 0.3) is 0 Å². The Labute approximate surface area is 84.7 Å². The number of hydrogen-bond acceptors (Lipinski definition) is 3. The highest BCUT2D eigenvalue weighted by Gasteiger charge is 2.35. The monoisotopic (exact) mass is 220 g/mol. The van der Waals surface area contributed by atoms with E-state index >= 15 is 0 Å². The third-order valence-corrected chi connectivity index (χ3v) is 2.42. The molecule has 3 nitrogen and oxygen atoms in total. The van der Waals surface area contributed by atoms with Gasteiger partial charge in [-0.1, -0.05) is 0 Å². The Balaban J connectivity index is 2.00. The first-order valence-electron chi connectivity index (χ1n) is 4.81. The number of hydrogen-bond donors (Lipinski definition) is 1. The zero-order valence-corrected chi connectivity index (χ0v) is 7.97. The van der Waals surface area contributed by atoms with Crippen LogP contribution in [0.5, 0.6) is 0 Å². The predicted octanol–water partition coefficient (Wildman–Crippen LogP) is 1.99. The first kappa shape index (κ1) is 10.5. The van der Waals surface area contributed by atoms with E-state index in [4.69, 9.17) is 0 Å². The van der Waals surface area contributed by atoms with Crippen molar-refractivity contribution in [1.82, 2.24) is 10.3 Å². The quantitative estimate of drug-likeness (QED) is 0.828. The predicted molar refractivity (Wildman–Crippen MR) is 46.2 cm³/mol. The highest BCUT2D eigenvalue weighted by atomic mass is 19.4. The van der Waals surface area contributed by atoms with Gasteiger partial charge in [-0.2, -0.15) is 13.2 Å². The highest BCUT2D eigenvalue weighted by molar-refractivity contribution is 5.00. The van der Waals surface area contributed by atoms with E-state index in [1.54, 1.807) is 0 Å². The van der Waals surface area contributed by atoms with Crippen molar-refractivity contribution in [1.29, 1.82) is 0 Å². The molecule has 1 aromatic heterocycles. The summed E-state index contributed by atoms with van der Waals surface area (Å²) in [6, 6.07) is 0.199. The molecule has 84 valence electrons. The van der Waals surface area contributed by atoms with E-state index in [2.05, 4.69) is 14.7 Å². The third kappa shape index (κ3) is 2.50. The van der Waals surface area contributed by atoms with Crippen molar-refractivity contribution in [2.45, 2.75) is 31.5 Å². The largest absolute Gasteiger partial charge is 0.451 e. The number of oxazole rings is 1. The molecule has 1 saturated heterocycles. The summed E-state index contributed by atoms with van der Waals surface area (Å²) >= 11 is 0. The Morgan fingerprint density at radius 1 is 1.53 bits per heavy atom. The molecule has 6 heteroatoms. The Morgan fingerprint density at radius 2 is 2.33 bits per heavy atom. The van der Waals surface area contributed by atoms with Gasteiger partial charge in [-0.15, -0.1) is 0 Å². The van der Waals surface area contributed by atoms with Gasteiger partial charge in [0.1, 0.15) is 0 Å². The lowest BCUT2D eigenvalue weighted by molar-refractivity contribution is -0.153. The van der Waals surface area contributed by atoms with Gasteiger partial charge in [-0.25, -0.2) is 4.98 Å². The van der Waals surface area contributed by atoms with Crippen molar-refractivity contribution in [3.8, 4) is 0 Å². The zero-order valence-electron chi connectivity index (χ0n) is 7.97. The lowest BCUT2D eigenvalue weighted by atomic mass is 10.2. The molecule has 0 bridgehead atoms. The van der Waals surface area contributed by atoms with E-state index in [-0.39, 0.29) is 11.9 Å². The molecular formula is C9H11F3N2O. The molecule has 0 saturated carbocycles. The Morgan fingerprint density at radius 3 is 2.87 bits per heavy atom. The minimum atomic E-state index is -4.44. The SMILES string of the molecule is FC(F)(F)c1cnc(CC2CCCN2)o1. The standard InChI is InChI=1S/C9H11F3N2O/c10-9(11,12)7-5-14-8(15-7)4-6-2-1-3-13-6/h5-6,13H,1-4H2. The summed E-state index contributed by atoms with van der Waals surface area (Å²) in [6.45, 7) is 0.914. The van der Waals surface area contributed by atoms with Gasteiger partial charge in [0.25, 0.3) is 0 Å². The van der Waals surface area contributed by atoms with Crippen molar-refractivity contribution in [2.75, 3.05) is 6.54 Å². The van der Waals surface area contributed by atoms with Crippen molar-refractivity contribution in [3.63, 3.8) is 0 Å². The summed E-state index contributed by atoms with van der Waals surface area (Å²) in [4.78, 5) is 3.62. The van der Waals surface area contributed by atoms with Crippen LogP contribution < -0.4 is 5.32 Å². The average Bonchev–Trinajstić information content (AvgIpc) is 2.73. The van der Waals surface area contributed by atoms with E-state index < -0.39 is 11.9 Å². The lowest BCUT2D eigenvalue weighted by Crippen LogP contribution is -2.23. The van der Waals surface area contributed by atoms with Gasteiger partial charge in [-0.05, 0) is 19.4 Å². The highest BCUT2D eigenvalue weighted by Crippen LogP contribution is 2.29. The second kappa shape index (κ2) is 3.84. The van der Waals surface area contributed by atoms with Crippen LogP contribution in [0, 0.1) is 0 Å². The van der Waals surface area contributed by atoms with Crippen molar-refractivity contribution in [3.05, 3.63) is 17.8 Å². The molecule has 15 heavy (non-hydrogen) atoms. The molecule has 0 aliphatic carbocycles. The summed E-state index contributed by atoms with van der Waals surface area (Å²) in [7, 11) is 0. The summed E-state index contributed by atoms with van der Waals surface area (Å²) in [5.74, 6) is -0.864. The topological polar surface area (TPSA) is 38.1 Å². The fraction of sp³-hybridized carbons (Fsp3) is 0.667. The van der Waals surface area contributed by atoms with E-state index in [0.29, 0.717) is 6.42 Å². The zero-order chi connectivity index (χ0) is 10.9. The van der Waals surface area contributed by atoms with Crippen LogP contribution in [-0.4, -0.2) is 17.6 Å². The van der Waals surface area contributed by atoms with Crippen LogP contribution >= 0.6 is 0 Å². The van der Waals surface area contributed by atoms with Gasteiger partial charge in [0, 0.05) is 12.5 Å².